The van der Waals surface area contributed by atoms with Gasteiger partial charge >= 0.3 is 0 Å². The third-order valence-electron chi connectivity index (χ3n) is 1.57. The van der Waals surface area contributed by atoms with Crippen molar-refractivity contribution in [3.05, 3.63) is 28.0 Å². The lowest BCUT2D eigenvalue weighted by Crippen LogP contribution is -2.02. The molecule has 4 heteroatoms. The van der Waals surface area contributed by atoms with Crippen LogP contribution < -0.4 is 10.5 Å². The number of rotatable bonds is 2. The van der Waals surface area contributed by atoms with E-state index >= 15 is 0 Å². The largest absolute Gasteiger partial charge is 0.494 e. The van der Waals surface area contributed by atoms with Crippen molar-refractivity contribution < 1.29 is 9.13 Å². The van der Waals surface area contributed by atoms with Crippen LogP contribution in [0.25, 0.3) is 0 Å². The van der Waals surface area contributed by atoms with Gasteiger partial charge in [0.1, 0.15) is 0 Å². The maximum atomic E-state index is 13.3. The molecule has 0 aliphatic heterocycles. The van der Waals surface area contributed by atoms with E-state index in [-0.39, 0.29) is 12.3 Å². The Bertz CT molecular complexity index is 291. The van der Waals surface area contributed by atoms with Crippen LogP contribution in [0, 0.1) is 5.82 Å². The first-order valence-corrected chi connectivity index (χ1v) is 4.21. The fourth-order valence-corrected chi connectivity index (χ4v) is 1.39. The summed E-state index contributed by atoms with van der Waals surface area (Å²) in [6.07, 6.45) is 0. The van der Waals surface area contributed by atoms with E-state index in [0.29, 0.717) is 10.0 Å². The lowest BCUT2D eigenvalue weighted by atomic mass is 10.2. The van der Waals surface area contributed by atoms with Crippen molar-refractivity contribution in [3.8, 4) is 5.75 Å². The molecule has 12 heavy (non-hydrogen) atoms. The minimum Gasteiger partial charge on any atom is -0.494 e. The smallest absolute Gasteiger partial charge is 0.170 e. The maximum absolute atomic E-state index is 13.3. The molecule has 0 radical (unpaired) electrons. The first-order chi connectivity index (χ1) is 5.70. The van der Waals surface area contributed by atoms with E-state index in [2.05, 4.69) is 15.9 Å². The van der Waals surface area contributed by atoms with Gasteiger partial charge in [-0.15, -0.1) is 0 Å². The molecule has 0 spiro atoms. The number of ether oxygens (including phenoxy) is 1. The zero-order valence-electron chi connectivity index (χ0n) is 6.60. The number of benzene rings is 1. The molecule has 2 nitrogen and oxygen atoms in total. The van der Waals surface area contributed by atoms with Crippen molar-refractivity contribution in [1.82, 2.24) is 0 Å². The number of hydrogen-bond donors (Lipinski definition) is 1. The second kappa shape index (κ2) is 3.87. The van der Waals surface area contributed by atoms with Crippen molar-refractivity contribution in [2.75, 3.05) is 7.11 Å². The average molecular weight is 234 g/mol. The van der Waals surface area contributed by atoms with Gasteiger partial charge in [-0.25, -0.2) is 4.39 Å². The van der Waals surface area contributed by atoms with Crippen LogP contribution in [0.4, 0.5) is 4.39 Å². The van der Waals surface area contributed by atoms with E-state index < -0.39 is 5.82 Å². The third kappa shape index (κ3) is 1.59. The number of hydrogen-bond acceptors (Lipinski definition) is 2. The summed E-state index contributed by atoms with van der Waals surface area (Å²) >= 11 is 3.20. The summed E-state index contributed by atoms with van der Waals surface area (Å²) in [5.74, 6) is -0.173. The number of methoxy groups -OCH3 is 1. The molecule has 0 fully saturated rings. The maximum Gasteiger partial charge on any atom is 0.170 e. The predicted molar refractivity (Wildman–Crippen MR) is 48.5 cm³/mol. The van der Waals surface area contributed by atoms with E-state index in [1.807, 2.05) is 0 Å². The zero-order chi connectivity index (χ0) is 9.14. The van der Waals surface area contributed by atoms with E-state index in [0.717, 1.165) is 0 Å². The highest BCUT2D eigenvalue weighted by molar-refractivity contribution is 9.10. The molecule has 2 N–H and O–H groups in total. The molecule has 1 aromatic rings. The van der Waals surface area contributed by atoms with Crippen molar-refractivity contribution >= 4 is 15.9 Å². The summed E-state index contributed by atoms with van der Waals surface area (Å²) in [5, 5.41) is 0. The van der Waals surface area contributed by atoms with E-state index in [9.17, 15) is 4.39 Å². The second-order valence-corrected chi connectivity index (χ2v) is 3.10. The molecule has 0 unspecified atom stereocenters. The fourth-order valence-electron chi connectivity index (χ4n) is 0.921. The summed E-state index contributed by atoms with van der Waals surface area (Å²) in [6.45, 7) is 0.156. The number of halogens is 2. The van der Waals surface area contributed by atoms with E-state index in [1.54, 1.807) is 12.1 Å². The molecule has 0 aliphatic carbocycles. The Morgan fingerprint density at radius 2 is 2.25 bits per heavy atom. The highest BCUT2D eigenvalue weighted by atomic mass is 79.9. The Labute approximate surface area is 78.6 Å². The SMILES string of the molecule is COc1ccc(Br)c(CN)c1F. The van der Waals surface area contributed by atoms with Crippen LogP contribution in [0.3, 0.4) is 0 Å². The minimum absolute atomic E-state index is 0.156. The Hall–Kier alpha value is -0.610. The molecule has 0 atom stereocenters. The number of nitrogens with two attached hydrogens (primary N) is 1. The van der Waals surface area contributed by atoms with Gasteiger partial charge in [0, 0.05) is 16.6 Å². The molecule has 0 bridgehead atoms. The van der Waals surface area contributed by atoms with Gasteiger partial charge in [-0.2, -0.15) is 0 Å². The van der Waals surface area contributed by atoms with Crippen LogP contribution in [-0.2, 0) is 6.54 Å². The second-order valence-electron chi connectivity index (χ2n) is 2.25. The normalized spacial score (nSPS) is 10.0. The molecular formula is C8H9BrFNO. The minimum atomic E-state index is -0.394. The zero-order valence-corrected chi connectivity index (χ0v) is 8.19. The highest BCUT2D eigenvalue weighted by Crippen LogP contribution is 2.26. The predicted octanol–water partition coefficient (Wildman–Crippen LogP) is 2.06. The summed E-state index contributed by atoms with van der Waals surface area (Å²) in [6, 6.07) is 3.27. The van der Waals surface area contributed by atoms with Crippen molar-refractivity contribution in [2.24, 2.45) is 5.73 Å². The Balaban J connectivity index is 3.24. The summed E-state index contributed by atoms with van der Waals surface area (Å²) < 4.78 is 18.8. The monoisotopic (exact) mass is 233 g/mol. The molecule has 1 aromatic carbocycles. The van der Waals surface area contributed by atoms with Gasteiger partial charge in [-0.1, -0.05) is 15.9 Å². The lowest BCUT2D eigenvalue weighted by molar-refractivity contribution is 0.384. The Morgan fingerprint density at radius 1 is 1.58 bits per heavy atom. The van der Waals surface area contributed by atoms with Crippen molar-refractivity contribution in [2.45, 2.75) is 6.54 Å². The lowest BCUT2D eigenvalue weighted by Gasteiger charge is -2.07. The van der Waals surface area contributed by atoms with Crippen LogP contribution in [0.5, 0.6) is 5.75 Å². The molecule has 1 rings (SSSR count). The van der Waals surface area contributed by atoms with Crippen LogP contribution in [0.2, 0.25) is 0 Å². The summed E-state index contributed by atoms with van der Waals surface area (Å²) in [7, 11) is 1.42. The third-order valence-corrected chi connectivity index (χ3v) is 2.32. The van der Waals surface area contributed by atoms with E-state index in [4.69, 9.17) is 10.5 Å². The van der Waals surface area contributed by atoms with Gasteiger partial charge in [-0.05, 0) is 12.1 Å². The van der Waals surface area contributed by atoms with Crippen LogP contribution >= 0.6 is 15.9 Å². The van der Waals surface area contributed by atoms with Crippen LogP contribution in [-0.4, -0.2) is 7.11 Å². The summed E-state index contributed by atoms with van der Waals surface area (Å²) in [5.41, 5.74) is 5.79. The molecular weight excluding hydrogens is 225 g/mol. The van der Waals surface area contributed by atoms with Gasteiger partial charge in [0.15, 0.2) is 11.6 Å². The Morgan fingerprint density at radius 3 is 2.75 bits per heavy atom. The molecule has 0 saturated heterocycles. The Kier molecular flexibility index (Phi) is 3.05. The topological polar surface area (TPSA) is 35.2 Å². The van der Waals surface area contributed by atoms with Gasteiger partial charge < -0.3 is 10.5 Å². The van der Waals surface area contributed by atoms with Gasteiger partial charge in [0.25, 0.3) is 0 Å². The first-order valence-electron chi connectivity index (χ1n) is 3.41. The van der Waals surface area contributed by atoms with Crippen molar-refractivity contribution in [3.63, 3.8) is 0 Å². The van der Waals surface area contributed by atoms with Gasteiger partial charge in [-0.3, -0.25) is 0 Å². The molecule has 0 aliphatic rings. The highest BCUT2D eigenvalue weighted by Gasteiger charge is 2.10. The van der Waals surface area contributed by atoms with Gasteiger partial charge in [0.2, 0.25) is 0 Å². The standard InChI is InChI=1S/C8H9BrFNO/c1-12-7-3-2-6(9)5(4-11)8(7)10/h2-3H,4,11H2,1H3. The quantitative estimate of drug-likeness (QED) is 0.849. The van der Waals surface area contributed by atoms with E-state index in [1.165, 1.54) is 7.11 Å². The van der Waals surface area contributed by atoms with Crippen molar-refractivity contribution in [1.29, 1.82) is 0 Å². The fraction of sp³-hybridized carbons (Fsp3) is 0.250. The molecule has 66 valence electrons. The first kappa shape index (κ1) is 9.48. The molecule has 0 saturated carbocycles. The molecule has 0 amide bonds. The molecule has 0 heterocycles. The van der Waals surface area contributed by atoms with Crippen LogP contribution in [0.1, 0.15) is 5.56 Å². The van der Waals surface area contributed by atoms with Crippen LogP contribution in [0.15, 0.2) is 16.6 Å². The van der Waals surface area contributed by atoms with Gasteiger partial charge in [0.05, 0.1) is 7.11 Å². The summed E-state index contributed by atoms with van der Waals surface area (Å²) in [4.78, 5) is 0. The average Bonchev–Trinajstić information content (AvgIpc) is 2.06. The molecule has 0 aromatic heterocycles.